The van der Waals surface area contributed by atoms with Crippen LogP contribution in [0.2, 0.25) is 10.0 Å². The summed E-state index contributed by atoms with van der Waals surface area (Å²) in [7, 11) is 0. The second-order valence-electron chi connectivity index (χ2n) is 5.26. The molecule has 0 unspecified atom stereocenters. The summed E-state index contributed by atoms with van der Waals surface area (Å²) in [6, 6.07) is 5.15. The number of nitrogens with zero attached hydrogens (tertiary/aromatic N) is 2. The van der Waals surface area contributed by atoms with Gasteiger partial charge in [0, 0.05) is 9.77 Å². The van der Waals surface area contributed by atoms with Crippen molar-refractivity contribution < 1.29 is 4.79 Å². The molecule has 2 heterocycles. The lowest BCUT2D eigenvalue weighted by Gasteiger charge is -2.09. The number of hydrogen-bond acceptors (Lipinski definition) is 5. The normalized spacial score (nSPS) is 11.0. The number of thiophene rings is 1. The number of aryl methyl sites for hydroxylation is 2. The molecule has 0 aliphatic heterocycles. The van der Waals surface area contributed by atoms with Crippen LogP contribution in [-0.2, 0) is 4.79 Å². The summed E-state index contributed by atoms with van der Waals surface area (Å²) in [5, 5.41) is 1.50. The minimum Gasteiger partial charge on any atom is -0.272 e. The van der Waals surface area contributed by atoms with Crippen LogP contribution < -0.4 is 11.0 Å². The van der Waals surface area contributed by atoms with E-state index in [2.05, 4.69) is 10.4 Å². The van der Waals surface area contributed by atoms with Crippen molar-refractivity contribution in [2.45, 2.75) is 18.7 Å². The van der Waals surface area contributed by atoms with E-state index >= 15 is 0 Å². The number of thioether (sulfide) groups is 1. The Labute approximate surface area is 161 Å². The average Bonchev–Trinajstić information content (AvgIpc) is 2.85. The first-order valence-corrected chi connectivity index (χ1v) is 9.78. The van der Waals surface area contributed by atoms with Crippen molar-refractivity contribution in [1.29, 1.82) is 0 Å². The molecule has 0 spiro atoms. The minimum absolute atomic E-state index is 0.0651. The molecule has 0 bridgehead atoms. The third kappa shape index (κ3) is 3.69. The van der Waals surface area contributed by atoms with Gasteiger partial charge in [0.05, 0.1) is 21.2 Å². The van der Waals surface area contributed by atoms with Gasteiger partial charge in [0.15, 0.2) is 0 Å². The third-order valence-corrected chi connectivity index (χ3v) is 6.71. The largest absolute Gasteiger partial charge is 0.281 e. The summed E-state index contributed by atoms with van der Waals surface area (Å²) in [6.45, 7) is 3.81. The predicted octanol–water partition coefficient (Wildman–Crippen LogP) is 4.24. The first-order valence-electron chi connectivity index (χ1n) is 7.22. The summed E-state index contributed by atoms with van der Waals surface area (Å²) < 4.78 is 1.11. The van der Waals surface area contributed by atoms with Crippen molar-refractivity contribution in [3.63, 3.8) is 0 Å². The number of fused-ring (bicyclic) bond motifs is 1. The Morgan fingerprint density at radius 2 is 2.00 bits per heavy atom. The van der Waals surface area contributed by atoms with E-state index in [4.69, 9.17) is 23.2 Å². The molecule has 5 nitrogen and oxygen atoms in total. The van der Waals surface area contributed by atoms with Crippen molar-refractivity contribution in [3.8, 4) is 0 Å². The quantitative estimate of drug-likeness (QED) is 0.649. The summed E-state index contributed by atoms with van der Waals surface area (Å²) in [6.07, 6.45) is 1.32. The molecule has 0 atom stereocenters. The van der Waals surface area contributed by atoms with Gasteiger partial charge in [-0.25, -0.2) is 9.66 Å². The fourth-order valence-corrected chi connectivity index (χ4v) is 4.70. The summed E-state index contributed by atoms with van der Waals surface area (Å²) in [5.74, 6) is -0.288. The van der Waals surface area contributed by atoms with E-state index in [0.29, 0.717) is 25.2 Å². The highest BCUT2D eigenvalue weighted by atomic mass is 35.5. The minimum atomic E-state index is -0.353. The van der Waals surface area contributed by atoms with Crippen molar-refractivity contribution in [2.75, 3.05) is 11.2 Å². The molecule has 2 aromatic heterocycles. The van der Waals surface area contributed by atoms with E-state index in [9.17, 15) is 9.59 Å². The van der Waals surface area contributed by atoms with Gasteiger partial charge in [-0.15, -0.1) is 23.1 Å². The molecule has 9 heteroatoms. The summed E-state index contributed by atoms with van der Waals surface area (Å²) >= 11 is 14.8. The van der Waals surface area contributed by atoms with E-state index < -0.39 is 0 Å². The van der Waals surface area contributed by atoms with Gasteiger partial charge in [-0.05, 0) is 31.5 Å². The molecule has 0 saturated heterocycles. The molecule has 3 aromatic rings. The Kier molecular flexibility index (Phi) is 5.38. The van der Waals surface area contributed by atoms with Crippen LogP contribution in [-0.4, -0.2) is 21.3 Å². The van der Waals surface area contributed by atoms with Crippen LogP contribution in [0.1, 0.15) is 10.4 Å². The number of benzene rings is 1. The molecule has 0 saturated carbocycles. The molecule has 0 aliphatic rings. The maximum atomic E-state index is 12.5. The Balaban J connectivity index is 1.77. The summed E-state index contributed by atoms with van der Waals surface area (Å²) in [4.78, 5) is 31.3. The molecule has 0 radical (unpaired) electrons. The van der Waals surface area contributed by atoms with Crippen LogP contribution in [0.4, 0.5) is 0 Å². The highest BCUT2D eigenvalue weighted by molar-refractivity contribution is 8.00. The number of halogens is 2. The Bertz CT molecular complexity index is 1010. The molecule has 25 heavy (non-hydrogen) atoms. The zero-order valence-corrected chi connectivity index (χ0v) is 16.4. The number of hydrogen-bond donors (Lipinski definition) is 1. The fourth-order valence-electron chi connectivity index (χ4n) is 2.24. The smallest absolute Gasteiger partial charge is 0.272 e. The Morgan fingerprint density at radius 3 is 2.68 bits per heavy atom. The zero-order chi connectivity index (χ0) is 18.1. The van der Waals surface area contributed by atoms with E-state index in [-0.39, 0.29) is 17.2 Å². The topological polar surface area (TPSA) is 64.0 Å². The van der Waals surface area contributed by atoms with E-state index in [1.165, 1.54) is 29.4 Å². The maximum Gasteiger partial charge on any atom is 0.281 e. The van der Waals surface area contributed by atoms with Crippen molar-refractivity contribution >= 4 is 62.4 Å². The fraction of sp³-hybridized carbons (Fsp3) is 0.188. The van der Waals surface area contributed by atoms with Gasteiger partial charge in [0.25, 0.3) is 5.56 Å². The zero-order valence-electron chi connectivity index (χ0n) is 13.3. The molecular formula is C16H13Cl2N3O2S2. The third-order valence-electron chi connectivity index (χ3n) is 3.60. The van der Waals surface area contributed by atoms with Gasteiger partial charge >= 0.3 is 0 Å². The van der Waals surface area contributed by atoms with Gasteiger partial charge < -0.3 is 0 Å². The monoisotopic (exact) mass is 413 g/mol. The van der Waals surface area contributed by atoms with Crippen molar-refractivity contribution in [3.05, 3.63) is 55.4 Å². The Hall–Kier alpha value is -1.54. The highest BCUT2D eigenvalue weighted by Gasteiger charge is 2.14. The molecule has 1 aromatic carbocycles. The van der Waals surface area contributed by atoms with E-state index in [1.54, 1.807) is 18.2 Å². The van der Waals surface area contributed by atoms with Crippen LogP contribution in [0.15, 0.2) is 34.2 Å². The van der Waals surface area contributed by atoms with Gasteiger partial charge in [-0.3, -0.25) is 15.0 Å². The van der Waals surface area contributed by atoms with E-state index in [1.807, 2.05) is 13.8 Å². The highest BCUT2D eigenvalue weighted by Crippen LogP contribution is 2.33. The van der Waals surface area contributed by atoms with Crippen LogP contribution in [0.3, 0.4) is 0 Å². The number of rotatable bonds is 4. The van der Waals surface area contributed by atoms with Crippen LogP contribution >= 0.6 is 46.3 Å². The van der Waals surface area contributed by atoms with Gasteiger partial charge in [0.1, 0.15) is 11.2 Å². The van der Waals surface area contributed by atoms with Crippen molar-refractivity contribution in [2.24, 2.45) is 0 Å². The van der Waals surface area contributed by atoms with Gasteiger partial charge in [-0.2, -0.15) is 0 Å². The maximum absolute atomic E-state index is 12.5. The second kappa shape index (κ2) is 7.37. The summed E-state index contributed by atoms with van der Waals surface area (Å²) in [5.41, 5.74) is 3.14. The van der Waals surface area contributed by atoms with E-state index in [0.717, 1.165) is 15.1 Å². The van der Waals surface area contributed by atoms with Crippen LogP contribution in [0, 0.1) is 13.8 Å². The van der Waals surface area contributed by atoms with Crippen LogP contribution in [0.5, 0.6) is 0 Å². The first-order chi connectivity index (χ1) is 11.9. The lowest BCUT2D eigenvalue weighted by Crippen LogP contribution is -2.34. The molecule has 1 amide bonds. The molecular weight excluding hydrogens is 401 g/mol. The standard InChI is InChI=1S/C16H13Cl2N3O2S2/c1-8-9(2)25-15-13(8)16(23)21(7-19-15)20-12(22)6-24-14-10(17)4-3-5-11(14)18/h3-5,7H,6H2,1-2H3,(H,20,22). The molecule has 0 fully saturated rings. The molecule has 1 N–H and O–H groups in total. The first kappa shape index (κ1) is 18.3. The van der Waals surface area contributed by atoms with Crippen molar-refractivity contribution in [1.82, 2.24) is 9.66 Å². The Morgan fingerprint density at radius 1 is 1.32 bits per heavy atom. The van der Waals surface area contributed by atoms with Gasteiger partial charge in [0.2, 0.25) is 5.91 Å². The number of nitrogens with one attached hydrogen (secondary N) is 1. The average molecular weight is 414 g/mol. The SMILES string of the molecule is Cc1sc2ncn(NC(=O)CSc3c(Cl)cccc3Cl)c(=O)c2c1C. The number of carbonyl (C=O) groups is 1. The van der Waals surface area contributed by atoms with Gasteiger partial charge in [-0.1, -0.05) is 29.3 Å². The number of amides is 1. The number of carbonyl (C=O) groups excluding carboxylic acids is 1. The number of aromatic nitrogens is 2. The lowest BCUT2D eigenvalue weighted by atomic mass is 10.2. The molecule has 0 aliphatic carbocycles. The molecule has 130 valence electrons. The van der Waals surface area contributed by atoms with Crippen LogP contribution in [0.25, 0.3) is 10.2 Å². The predicted molar refractivity (Wildman–Crippen MR) is 105 cm³/mol. The lowest BCUT2D eigenvalue weighted by molar-refractivity contribution is -0.114. The second-order valence-corrected chi connectivity index (χ2v) is 8.26. The molecule has 3 rings (SSSR count).